The van der Waals surface area contributed by atoms with Crippen LogP contribution in [-0.2, 0) is 24.0 Å². The molecule has 0 spiro atoms. The van der Waals surface area contributed by atoms with Crippen LogP contribution in [0.2, 0.25) is 0 Å². The Morgan fingerprint density at radius 3 is 1.89 bits per heavy atom. The highest BCUT2D eigenvalue weighted by atomic mass is 16.2. The fourth-order valence-corrected chi connectivity index (χ4v) is 6.93. The van der Waals surface area contributed by atoms with Crippen molar-refractivity contribution in [3.05, 3.63) is 0 Å². The number of rotatable bonds is 12. The number of likely N-dealkylation sites (tertiary alicyclic amines) is 1. The standard InChI is InChI=1S/C33H54N6O6/c1-31(2,3)24(28(43)38(9)15-18-12-13-18)36-30(45)37-25(32(4,5)6)29(44)39-16-19-21(33(19,7)8)22(39)27(42)35-20(14-17-10-11-17)23(40)26(34)41/h17-22,24-25H,10-16H2,1-9H3,(H2,34,41)(H,35,42)(H2,36,37,45)/t19-,20?,21-,22-,24+,25+/m0/s1. The lowest BCUT2D eigenvalue weighted by atomic mass is 9.84. The Balaban J connectivity index is 1.52. The summed E-state index contributed by atoms with van der Waals surface area (Å²) in [5.74, 6) is -2.34. The highest BCUT2D eigenvalue weighted by Crippen LogP contribution is 2.65. The van der Waals surface area contributed by atoms with Gasteiger partial charge >= 0.3 is 6.03 Å². The molecule has 12 nitrogen and oxygen atoms in total. The molecule has 4 aliphatic rings. The number of urea groups is 1. The molecule has 6 amide bonds. The molecule has 3 aliphatic carbocycles. The van der Waals surface area contributed by atoms with Crippen LogP contribution in [0.3, 0.4) is 0 Å². The zero-order valence-electron chi connectivity index (χ0n) is 28.5. The predicted octanol–water partition coefficient (Wildman–Crippen LogP) is 1.81. The van der Waals surface area contributed by atoms with Crippen LogP contribution in [0, 0.1) is 39.9 Å². The van der Waals surface area contributed by atoms with Crippen LogP contribution in [-0.4, -0.2) is 89.5 Å². The van der Waals surface area contributed by atoms with Crippen molar-refractivity contribution in [2.45, 2.75) is 112 Å². The lowest BCUT2D eigenvalue weighted by molar-refractivity contribution is -0.145. The van der Waals surface area contributed by atoms with E-state index in [0.29, 0.717) is 25.4 Å². The van der Waals surface area contributed by atoms with Gasteiger partial charge in [0.25, 0.3) is 5.91 Å². The Morgan fingerprint density at radius 1 is 0.867 bits per heavy atom. The number of piperidine rings is 1. The molecule has 6 atom stereocenters. The van der Waals surface area contributed by atoms with Gasteiger partial charge < -0.3 is 31.5 Å². The third kappa shape index (κ3) is 7.80. The molecule has 252 valence electrons. The van der Waals surface area contributed by atoms with Crippen molar-refractivity contribution in [2.75, 3.05) is 20.1 Å². The molecule has 12 heteroatoms. The summed E-state index contributed by atoms with van der Waals surface area (Å²) >= 11 is 0. The number of amides is 6. The van der Waals surface area contributed by atoms with Crippen molar-refractivity contribution in [2.24, 2.45) is 45.7 Å². The first-order valence-corrected chi connectivity index (χ1v) is 16.4. The number of carbonyl (C=O) groups excluding carboxylic acids is 6. The molecule has 0 aromatic rings. The molecule has 45 heavy (non-hydrogen) atoms. The molecular formula is C33H54N6O6. The van der Waals surface area contributed by atoms with Gasteiger partial charge in [-0.15, -0.1) is 0 Å². The average molecular weight is 631 g/mol. The van der Waals surface area contributed by atoms with Gasteiger partial charge in [-0.2, -0.15) is 0 Å². The maximum atomic E-state index is 14.3. The monoisotopic (exact) mass is 630 g/mol. The van der Waals surface area contributed by atoms with Gasteiger partial charge in [-0.3, -0.25) is 24.0 Å². The van der Waals surface area contributed by atoms with Crippen molar-refractivity contribution in [3.63, 3.8) is 0 Å². The number of ketones is 1. The van der Waals surface area contributed by atoms with Gasteiger partial charge in [0, 0.05) is 20.1 Å². The Bertz CT molecular complexity index is 1230. The normalized spacial score (nSPS) is 25.7. The SMILES string of the molecule is CN(CC1CC1)C(=O)[C@@H](NC(=O)N[C@H](C(=O)N1C[C@H]2[C@@H]([C@H]1C(=O)NC(CC1CC1)C(=O)C(N)=O)C2(C)C)C(C)(C)C)C(C)(C)C. The quantitative estimate of drug-likeness (QED) is 0.240. The van der Waals surface area contributed by atoms with E-state index in [1.165, 1.54) is 4.90 Å². The number of nitrogens with one attached hydrogen (secondary N) is 3. The summed E-state index contributed by atoms with van der Waals surface area (Å²) in [6, 6.07) is -4.37. The molecule has 1 unspecified atom stereocenters. The molecule has 4 rings (SSSR count). The fraction of sp³-hybridized carbons (Fsp3) is 0.818. The number of primary amides is 1. The van der Waals surface area contributed by atoms with E-state index < -0.39 is 64.5 Å². The topological polar surface area (TPSA) is 171 Å². The van der Waals surface area contributed by atoms with Crippen LogP contribution in [0.1, 0.15) is 87.5 Å². The summed E-state index contributed by atoms with van der Waals surface area (Å²) in [6.45, 7) is 16.2. The Morgan fingerprint density at radius 2 is 1.40 bits per heavy atom. The molecule has 4 fully saturated rings. The first kappa shape index (κ1) is 34.7. The number of fused-ring (bicyclic) bond motifs is 1. The molecule has 1 saturated heterocycles. The second-order valence-electron chi connectivity index (χ2n) is 16.7. The lowest BCUT2D eigenvalue weighted by Crippen LogP contribution is -2.63. The van der Waals surface area contributed by atoms with Crippen LogP contribution >= 0.6 is 0 Å². The van der Waals surface area contributed by atoms with Crippen LogP contribution in [0.5, 0.6) is 0 Å². The minimum absolute atomic E-state index is 0.0743. The largest absolute Gasteiger partial charge is 0.363 e. The van der Waals surface area contributed by atoms with Crippen LogP contribution < -0.4 is 21.7 Å². The van der Waals surface area contributed by atoms with Gasteiger partial charge in [0.1, 0.15) is 18.1 Å². The number of likely N-dealkylation sites (N-methyl/N-ethyl adjacent to an activating group) is 1. The number of nitrogens with two attached hydrogens (primary N) is 1. The van der Waals surface area contributed by atoms with E-state index in [0.717, 1.165) is 25.7 Å². The van der Waals surface area contributed by atoms with Gasteiger partial charge in [0.05, 0.1) is 6.04 Å². The zero-order valence-corrected chi connectivity index (χ0v) is 28.5. The highest BCUT2D eigenvalue weighted by molar-refractivity contribution is 6.37. The van der Waals surface area contributed by atoms with Crippen LogP contribution in [0.4, 0.5) is 4.79 Å². The van der Waals surface area contributed by atoms with Crippen molar-refractivity contribution in [3.8, 4) is 0 Å². The van der Waals surface area contributed by atoms with Crippen molar-refractivity contribution >= 4 is 35.4 Å². The fourth-order valence-electron chi connectivity index (χ4n) is 6.93. The number of Topliss-reactive ketones (excluding diaryl/α,β-unsaturated/α-hetero) is 1. The number of hydrogen-bond donors (Lipinski definition) is 4. The predicted molar refractivity (Wildman–Crippen MR) is 168 cm³/mol. The van der Waals surface area contributed by atoms with Crippen molar-refractivity contribution in [1.29, 1.82) is 0 Å². The number of hydrogen-bond acceptors (Lipinski definition) is 6. The maximum absolute atomic E-state index is 14.3. The van der Waals surface area contributed by atoms with Gasteiger partial charge in [-0.05, 0) is 59.2 Å². The number of nitrogens with zero attached hydrogens (tertiary/aromatic N) is 2. The van der Waals surface area contributed by atoms with E-state index in [2.05, 4.69) is 29.8 Å². The Kier molecular flexibility index (Phi) is 9.41. The molecule has 5 N–H and O–H groups in total. The summed E-state index contributed by atoms with van der Waals surface area (Å²) in [7, 11) is 1.75. The van der Waals surface area contributed by atoms with E-state index in [1.807, 2.05) is 41.5 Å². The van der Waals surface area contributed by atoms with Crippen molar-refractivity contribution in [1.82, 2.24) is 25.8 Å². The van der Waals surface area contributed by atoms with E-state index in [1.54, 1.807) is 11.9 Å². The van der Waals surface area contributed by atoms with Crippen molar-refractivity contribution < 1.29 is 28.8 Å². The van der Waals surface area contributed by atoms with Crippen LogP contribution in [0.25, 0.3) is 0 Å². The molecular weight excluding hydrogens is 576 g/mol. The molecule has 1 aliphatic heterocycles. The van der Waals surface area contributed by atoms with E-state index in [4.69, 9.17) is 5.73 Å². The van der Waals surface area contributed by atoms with Gasteiger partial charge in [0.15, 0.2) is 0 Å². The molecule has 0 bridgehead atoms. The molecule has 1 heterocycles. The first-order chi connectivity index (χ1) is 20.6. The van der Waals surface area contributed by atoms with E-state index in [-0.39, 0.29) is 29.1 Å². The van der Waals surface area contributed by atoms with E-state index in [9.17, 15) is 28.8 Å². The molecule has 3 saturated carbocycles. The van der Waals surface area contributed by atoms with Gasteiger partial charge in [0.2, 0.25) is 23.5 Å². The minimum atomic E-state index is -1.10. The minimum Gasteiger partial charge on any atom is -0.363 e. The third-order valence-corrected chi connectivity index (χ3v) is 10.3. The highest BCUT2D eigenvalue weighted by Gasteiger charge is 2.70. The lowest BCUT2D eigenvalue weighted by Gasteiger charge is -2.39. The third-order valence-electron chi connectivity index (χ3n) is 10.3. The van der Waals surface area contributed by atoms with Gasteiger partial charge in [-0.1, -0.05) is 68.2 Å². The summed E-state index contributed by atoms with van der Waals surface area (Å²) in [5, 5.41) is 8.46. The number of carbonyl (C=O) groups is 6. The van der Waals surface area contributed by atoms with Crippen LogP contribution in [0.15, 0.2) is 0 Å². The Hall–Kier alpha value is -3.18. The second-order valence-corrected chi connectivity index (χ2v) is 16.7. The first-order valence-electron chi connectivity index (χ1n) is 16.4. The zero-order chi connectivity index (χ0) is 33.8. The van der Waals surface area contributed by atoms with Gasteiger partial charge in [-0.25, -0.2) is 4.79 Å². The maximum Gasteiger partial charge on any atom is 0.316 e. The Labute approximate surface area is 267 Å². The second kappa shape index (κ2) is 12.2. The summed E-state index contributed by atoms with van der Waals surface area (Å²) < 4.78 is 0. The summed E-state index contributed by atoms with van der Waals surface area (Å²) in [6.07, 6.45) is 4.37. The smallest absolute Gasteiger partial charge is 0.316 e. The average Bonchev–Trinajstić information content (AvgIpc) is 3.87. The molecule has 0 radical (unpaired) electrons. The summed E-state index contributed by atoms with van der Waals surface area (Å²) in [4.78, 5) is 82.6. The van der Waals surface area contributed by atoms with E-state index >= 15 is 0 Å². The summed E-state index contributed by atoms with van der Waals surface area (Å²) in [5.41, 5.74) is 3.79. The molecule has 0 aromatic carbocycles. The molecule has 0 aromatic heterocycles.